The van der Waals surface area contributed by atoms with Crippen LogP contribution in [0.25, 0.3) is 0 Å². The lowest BCUT2D eigenvalue weighted by Crippen LogP contribution is -2.53. The zero-order chi connectivity index (χ0) is 29.7. The third-order valence-corrected chi connectivity index (χ3v) is 8.46. The molecule has 7 nitrogen and oxygen atoms in total. The standard InChI is InChI=1S/C30H35Cl2N3O4S/c1-30(2,3)22-14-16-23(17-15-22)35(40(5,38)39)20-28(36)34(19-24-25(31)12-9-13-26(24)32)27(29(37)33-4)18-21-10-7-6-8-11-21/h6-17,27H,18-20H2,1-5H3,(H,33,37). The lowest BCUT2D eigenvalue weighted by molar-refractivity contribution is -0.139. The molecule has 0 aliphatic carbocycles. The largest absolute Gasteiger partial charge is 0.357 e. The minimum absolute atomic E-state index is 0.0944. The van der Waals surface area contributed by atoms with Crippen molar-refractivity contribution in [3.8, 4) is 0 Å². The van der Waals surface area contributed by atoms with Gasteiger partial charge in [0.05, 0.1) is 11.9 Å². The molecule has 0 bridgehead atoms. The molecule has 0 heterocycles. The summed E-state index contributed by atoms with van der Waals surface area (Å²) in [4.78, 5) is 28.6. The highest BCUT2D eigenvalue weighted by Gasteiger charge is 2.33. The summed E-state index contributed by atoms with van der Waals surface area (Å²) >= 11 is 12.9. The Kier molecular flexibility index (Phi) is 10.3. The van der Waals surface area contributed by atoms with Crippen LogP contribution >= 0.6 is 23.2 Å². The van der Waals surface area contributed by atoms with Crippen molar-refractivity contribution in [2.75, 3.05) is 24.2 Å². The maximum absolute atomic E-state index is 14.0. The zero-order valence-electron chi connectivity index (χ0n) is 23.3. The van der Waals surface area contributed by atoms with Crippen molar-refractivity contribution in [3.63, 3.8) is 0 Å². The summed E-state index contributed by atoms with van der Waals surface area (Å²) in [5, 5.41) is 3.30. The first-order valence-electron chi connectivity index (χ1n) is 12.8. The van der Waals surface area contributed by atoms with E-state index in [0.29, 0.717) is 21.3 Å². The predicted octanol–water partition coefficient (Wildman–Crippen LogP) is 5.44. The highest BCUT2D eigenvalue weighted by molar-refractivity contribution is 7.92. The number of nitrogens with zero attached hydrogens (tertiary/aromatic N) is 2. The molecule has 3 aromatic rings. The van der Waals surface area contributed by atoms with Gasteiger partial charge in [-0.15, -0.1) is 0 Å². The molecule has 0 spiro atoms. The van der Waals surface area contributed by atoms with Gasteiger partial charge in [0.25, 0.3) is 0 Å². The van der Waals surface area contributed by atoms with Gasteiger partial charge in [-0.2, -0.15) is 0 Å². The summed E-state index contributed by atoms with van der Waals surface area (Å²) in [6.07, 6.45) is 1.25. The second kappa shape index (κ2) is 13.1. The van der Waals surface area contributed by atoms with Crippen molar-refractivity contribution in [2.24, 2.45) is 0 Å². The van der Waals surface area contributed by atoms with E-state index in [-0.39, 0.29) is 18.4 Å². The summed E-state index contributed by atoms with van der Waals surface area (Å²) in [5.41, 5.74) is 2.53. The number of anilines is 1. The van der Waals surface area contributed by atoms with Crippen molar-refractivity contribution < 1.29 is 18.0 Å². The number of benzene rings is 3. The van der Waals surface area contributed by atoms with E-state index < -0.39 is 34.4 Å². The Morgan fingerprint density at radius 3 is 1.98 bits per heavy atom. The van der Waals surface area contributed by atoms with Gasteiger partial charge in [0.1, 0.15) is 12.6 Å². The molecule has 0 aromatic heterocycles. The number of rotatable bonds is 10. The molecular weight excluding hydrogens is 569 g/mol. The summed E-state index contributed by atoms with van der Waals surface area (Å²) in [6, 6.07) is 20.4. The number of nitrogens with one attached hydrogen (secondary N) is 1. The fourth-order valence-electron chi connectivity index (χ4n) is 4.32. The fourth-order valence-corrected chi connectivity index (χ4v) is 5.68. The van der Waals surface area contributed by atoms with Gasteiger partial charge in [0.15, 0.2) is 0 Å². The van der Waals surface area contributed by atoms with Crippen molar-refractivity contribution in [1.82, 2.24) is 10.2 Å². The van der Waals surface area contributed by atoms with Crippen LogP contribution in [-0.4, -0.2) is 51.0 Å². The average Bonchev–Trinajstić information content (AvgIpc) is 2.89. The van der Waals surface area contributed by atoms with Crippen LogP contribution < -0.4 is 9.62 Å². The molecule has 0 aliphatic rings. The van der Waals surface area contributed by atoms with Crippen LogP contribution in [0.15, 0.2) is 72.8 Å². The summed E-state index contributed by atoms with van der Waals surface area (Å²) in [6.45, 7) is 5.57. The third-order valence-electron chi connectivity index (χ3n) is 6.61. The molecule has 0 radical (unpaired) electrons. The smallest absolute Gasteiger partial charge is 0.244 e. The van der Waals surface area contributed by atoms with Crippen molar-refractivity contribution >= 4 is 50.7 Å². The molecule has 40 heavy (non-hydrogen) atoms. The first-order valence-corrected chi connectivity index (χ1v) is 15.4. The van der Waals surface area contributed by atoms with E-state index in [1.165, 1.54) is 11.9 Å². The summed E-state index contributed by atoms with van der Waals surface area (Å²) in [7, 11) is -2.37. The maximum atomic E-state index is 14.0. The zero-order valence-corrected chi connectivity index (χ0v) is 25.6. The quantitative estimate of drug-likeness (QED) is 0.334. The molecule has 2 amide bonds. The number of carbonyl (C=O) groups excluding carboxylic acids is 2. The van der Waals surface area contributed by atoms with Crippen LogP contribution in [0.2, 0.25) is 10.0 Å². The van der Waals surface area contributed by atoms with Crippen LogP contribution in [0.4, 0.5) is 5.69 Å². The van der Waals surface area contributed by atoms with Gasteiger partial charge in [-0.05, 0) is 40.8 Å². The Bertz CT molecular complexity index is 1420. The van der Waals surface area contributed by atoms with E-state index in [4.69, 9.17) is 23.2 Å². The van der Waals surface area contributed by atoms with E-state index in [2.05, 4.69) is 26.1 Å². The predicted molar refractivity (Wildman–Crippen MR) is 162 cm³/mol. The molecule has 1 atom stereocenters. The van der Waals surface area contributed by atoms with Crippen LogP contribution in [-0.2, 0) is 38.0 Å². The number of carbonyl (C=O) groups is 2. The second-order valence-electron chi connectivity index (χ2n) is 10.6. The van der Waals surface area contributed by atoms with E-state index in [9.17, 15) is 18.0 Å². The van der Waals surface area contributed by atoms with Crippen molar-refractivity contribution in [1.29, 1.82) is 0 Å². The Morgan fingerprint density at radius 1 is 0.900 bits per heavy atom. The molecule has 0 saturated carbocycles. The number of sulfonamides is 1. The molecule has 1 N–H and O–H groups in total. The number of hydrogen-bond donors (Lipinski definition) is 1. The van der Waals surface area contributed by atoms with Crippen LogP contribution in [0, 0.1) is 0 Å². The van der Waals surface area contributed by atoms with Crippen LogP contribution in [0.5, 0.6) is 0 Å². The third kappa shape index (κ3) is 7.99. The second-order valence-corrected chi connectivity index (χ2v) is 13.3. The SMILES string of the molecule is CNC(=O)C(Cc1ccccc1)N(Cc1c(Cl)cccc1Cl)C(=O)CN(c1ccc(C(C)(C)C)cc1)S(C)(=O)=O. The Balaban J connectivity index is 2.06. The molecular formula is C30H35Cl2N3O4S. The van der Waals surface area contributed by atoms with Crippen LogP contribution in [0.3, 0.4) is 0 Å². The molecule has 0 aliphatic heterocycles. The minimum atomic E-state index is -3.86. The topological polar surface area (TPSA) is 86.8 Å². The molecule has 1 unspecified atom stereocenters. The first kappa shape index (κ1) is 31.5. The fraction of sp³-hybridized carbons (Fsp3) is 0.333. The van der Waals surface area contributed by atoms with E-state index in [1.54, 1.807) is 30.3 Å². The van der Waals surface area contributed by atoms with Gasteiger partial charge in [-0.3, -0.25) is 13.9 Å². The molecule has 3 aromatic carbocycles. The summed E-state index contributed by atoms with van der Waals surface area (Å²) in [5.74, 6) is -0.980. The minimum Gasteiger partial charge on any atom is -0.357 e. The maximum Gasteiger partial charge on any atom is 0.244 e. The van der Waals surface area contributed by atoms with Gasteiger partial charge in [-0.1, -0.05) is 92.5 Å². The lowest BCUT2D eigenvalue weighted by atomic mass is 9.87. The average molecular weight is 605 g/mol. The van der Waals surface area contributed by atoms with E-state index >= 15 is 0 Å². The number of likely N-dealkylation sites (N-methyl/N-ethyl adjacent to an activating group) is 1. The highest BCUT2D eigenvalue weighted by Crippen LogP contribution is 2.29. The van der Waals surface area contributed by atoms with Gasteiger partial charge < -0.3 is 10.2 Å². The summed E-state index contributed by atoms with van der Waals surface area (Å²) < 4.78 is 26.9. The molecule has 3 rings (SSSR count). The van der Waals surface area contributed by atoms with E-state index in [1.807, 2.05) is 42.5 Å². The van der Waals surface area contributed by atoms with Crippen LogP contribution in [0.1, 0.15) is 37.5 Å². The van der Waals surface area contributed by atoms with Crippen molar-refractivity contribution in [2.45, 2.75) is 45.2 Å². The first-order chi connectivity index (χ1) is 18.7. The molecule has 0 fully saturated rings. The monoisotopic (exact) mass is 603 g/mol. The van der Waals surface area contributed by atoms with Gasteiger partial charge >= 0.3 is 0 Å². The van der Waals surface area contributed by atoms with E-state index in [0.717, 1.165) is 21.7 Å². The number of halogens is 2. The molecule has 0 saturated heterocycles. The Morgan fingerprint density at radius 2 is 1.48 bits per heavy atom. The number of amides is 2. The highest BCUT2D eigenvalue weighted by atomic mass is 35.5. The van der Waals surface area contributed by atoms with Gasteiger partial charge in [0.2, 0.25) is 21.8 Å². The Hall–Kier alpha value is -3.07. The number of hydrogen-bond acceptors (Lipinski definition) is 4. The van der Waals surface area contributed by atoms with Crippen molar-refractivity contribution in [3.05, 3.63) is 99.5 Å². The normalized spacial score (nSPS) is 12.5. The lowest BCUT2D eigenvalue weighted by Gasteiger charge is -2.33. The Labute approximate surface area is 247 Å². The van der Waals surface area contributed by atoms with Gasteiger partial charge in [-0.25, -0.2) is 8.42 Å². The molecule has 10 heteroatoms. The van der Waals surface area contributed by atoms with Gasteiger partial charge in [0, 0.05) is 35.6 Å². The molecule has 214 valence electrons.